The van der Waals surface area contributed by atoms with Crippen molar-refractivity contribution < 1.29 is 23.1 Å². The predicted molar refractivity (Wildman–Crippen MR) is 82.3 cm³/mol. The molecule has 9 heteroatoms. The molecule has 120 valence electrons. The molecule has 0 bridgehead atoms. The first kappa shape index (κ1) is 15.1. The van der Waals surface area contributed by atoms with Crippen LogP contribution in [0.5, 0.6) is 11.6 Å². The van der Waals surface area contributed by atoms with Crippen LogP contribution in [0.4, 0.5) is 5.69 Å². The molecule has 8 nitrogen and oxygen atoms in total. The van der Waals surface area contributed by atoms with Crippen molar-refractivity contribution in [1.29, 1.82) is 0 Å². The first-order valence-corrected chi connectivity index (χ1v) is 8.01. The SMILES string of the molecule is COc1ccc(-c2ccc(O)c(N3CC(=O)NS3(=O)=O)c2)cn1. The molecule has 3 rings (SSSR count). The summed E-state index contributed by atoms with van der Waals surface area (Å²) in [6, 6.07) is 7.90. The maximum atomic E-state index is 11.9. The van der Waals surface area contributed by atoms with Gasteiger partial charge in [-0.05, 0) is 23.8 Å². The fourth-order valence-electron chi connectivity index (χ4n) is 2.24. The number of aromatic nitrogens is 1. The highest BCUT2D eigenvalue weighted by Gasteiger charge is 2.35. The largest absolute Gasteiger partial charge is 0.506 e. The quantitative estimate of drug-likeness (QED) is 0.852. The number of phenols is 1. The Hall–Kier alpha value is -2.81. The topological polar surface area (TPSA) is 109 Å². The Morgan fingerprint density at radius 3 is 2.57 bits per heavy atom. The fourth-order valence-corrected chi connectivity index (χ4v) is 3.39. The number of methoxy groups -OCH3 is 1. The maximum absolute atomic E-state index is 11.9. The first-order chi connectivity index (χ1) is 10.9. The van der Waals surface area contributed by atoms with Gasteiger partial charge in [-0.2, -0.15) is 8.42 Å². The summed E-state index contributed by atoms with van der Waals surface area (Å²) in [6.45, 7) is -0.375. The molecule has 1 amide bonds. The second-order valence-corrected chi connectivity index (χ2v) is 6.42. The summed E-state index contributed by atoms with van der Waals surface area (Å²) in [4.78, 5) is 15.4. The summed E-state index contributed by atoms with van der Waals surface area (Å²) in [5, 5.41) is 9.96. The highest BCUT2D eigenvalue weighted by Crippen LogP contribution is 2.34. The third-order valence-corrected chi connectivity index (χ3v) is 4.73. The van der Waals surface area contributed by atoms with Gasteiger partial charge in [0.1, 0.15) is 12.3 Å². The Bertz CT molecular complexity index is 864. The van der Waals surface area contributed by atoms with E-state index in [2.05, 4.69) is 4.98 Å². The number of benzene rings is 1. The van der Waals surface area contributed by atoms with Crippen molar-refractivity contribution in [1.82, 2.24) is 9.71 Å². The molecule has 0 atom stereocenters. The molecule has 2 N–H and O–H groups in total. The Kier molecular flexibility index (Phi) is 3.57. The Morgan fingerprint density at radius 1 is 1.26 bits per heavy atom. The summed E-state index contributed by atoms with van der Waals surface area (Å²) in [6.07, 6.45) is 1.57. The van der Waals surface area contributed by atoms with Gasteiger partial charge in [0.15, 0.2) is 0 Å². The van der Waals surface area contributed by atoms with Gasteiger partial charge in [-0.1, -0.05) is 6.07 Å². The summed E-state index contributed by atoms with van der Waals surface area (Å²) in [7, 11) is -2.48. The van der Waals surface area contributed by atoms with E-state index in [4.69, 9.17) is 4.74 Å². The van der Waals surface area contributed by atoms with Crippen molar-refractivity contribution in [2.45, 2.75) is 0 Å². The van der Waals surface area contributed by atoms with Crippen molar-refractivity contribution in [2.75, 3.05) is 18.0 Å². The second-order valence-electron chi connectivity index (χ2n) is 4.83. The van der Waals surface area contributed by atoms with E-state index >= 15 is 0 Å². The lowest BCUT2D eigenvalue weighted by atomic mass is 10.1. The molecule has 1 aliphatic heterocycles. The van der Waals surface area contributed by atoms with Crippen LogP contribution in [0.2, 0.25) is 0 Å². The van der Waals surface area contributed by atoms with Crippen LogP contribution in [0.3, 0.4) is 0 Å². The number of nitrogens with zero attached hydrogens (tertiary/aromatic N) is 2. The van der Waals surface area contributed by atoms with E-state index in [9.17, 15) is 18.3 Å². The van der Waals surface area contributed by atoms with Gasteiger partial charge < -0.3 is 9.84 Å². The van der Waals surface area contributed by atoms with Crippen LogP contribution >= 0.6 is 0 Å². The van der Waals surface area contributed by atoms with Crippen LogP contribution in [0.1, 0.15) is 0 Å². The van der Waals surface area contributed by atoms with Crippen LogP contribution in [0.15, 0.2) is 36.5 Å². The molecule has 2 aromatic rings. The number of nitrogens with one attached hydrogen (secondary N) is 1. The van der Waals surface area contributed by atoms with Crippen molar-refractivity contribution in [3.8, 4) is 22.8 Å². The van der Waals surface area contributed by atoms with E-state index in [1.807, 2.05) is 4.72 Å². The molecule has 0 saturated carbocycles. The number of carbonyl (C=O) groups is 1. The lowest BCUT2D eigenvalue weighted by molar-refractivity contribution is -0.117. The number of pyridine rings is 1. The minimum absolute atomic E-state index is 0.0247. The highest BCUT2D eigenvalue weighted by atomic mass is 32.2. The molecule has 1 aromatic carbocycles. The molecule has 1 aromatic heterocycles. The third-order valence-electron chi connectivity index (χ3n) is 3.34. The number of amides is 1. The molecule has 1 saturated heterocycles. The van der Waals surface area contributed by atoms with Crippen molar-refractivity contribution in [3.05, 3.63) is 36.5 Å². The number of anilines is 1. The van der Waals surface area contributed by atoms with Crippen LogP contribution in [-0.4, -0.2) is 38.1 Å². The average Bonchev–Trinajstić information content (AvgIpc) is 2.80. The van der Waals surface area contributed by atoms with Gasteiger partial charge in [-0.15, -0.1) is 0 Å². The monoisotopic (exact) mass is 335 g/mol. The summed E-state index contributed by atoms with van der Waals surface area (Å²) < 4.78 is 31.5. The van der Waals surface area contributed by atoms with Crippen LogP contribution in [0, 0.1) is 0 Å². The Morgan fingerprint density at radius 2 is 2.00 bits per heavy atom. The summed E-state index contributed by atoms with van der Waals surface area (Å²) in [5.41, 5.74) is 1.38. The molecular weight excluding hydrogens is 322 g/mol. The fraction of sp³-hybridized carbons (Fsp3) is 0.143. The lowest BCUT2D eigenvalue weighted by Gasteiger charge is -2.17. The zero-order valence-corrected chi connectivity index (χ0v) is 12.9. The van der Waals surface area contributed by atoms with E-state index in [1.165, 1.54) is 19.2 Å². The molecule has 0 aliphatic carbocycles. The number of ether oxygens (including phenoxy) is 1. The van der Waals surface area contributed by atoms with Crippen LogP contribution in [-0.2, 0) is 15.0 Å². The standard InChI is InChI=1S/C14H13N3O5S/c1-22-14-5-3-10(7-15-14)9-2-4-12(18)11(6-9)17-8-13(19)16-23(17,20)21/h2-7,18H,8H2,1H3,(H,16,19). The molecule has 0 spiro atoms. The minimum Gasteiger partial charge on any atom is -0.506 e. The van der Waals surface area contributed by atoms with Gasteiger partial charge in [-0.3, -0.25) is 4.79 Å². The maximum Gasteiger partial charge on any atom is 0.326 e. The second kappa shape index (κ2) is 5.43. The molecule has 0 unspecified atom stereocenters. The summed E-state index contributed by atoms with van der Waals surface area (Å²) in [5.74, 6) is -0.444. The van der Waals surface area contributed by atoms with Gasteiger partial charge in [-0.25, -0.2) is 14.0 Å². The van der Waals surface area contributed by atoms with Gasteiger partial charge >= 0.3 is 10.2 Å². The van der Waals surface area contributed by atoms with Crippen LogP contribution < -0.4 is 13.8 Å². The first-order valence-electron chi connectivity index (χ1n) is 6.57. The van der Waals surface area contributed by atoms with Crippen LogP contribution in [0.25, 0.3) is 11.1 Å². The Labute approximate surface area is 132 Å². The predicted octanol–water partition coefficient (Wildman–Crippen LogP) is 0.644. The van der Waals surface area contributed by atoms with Gasteiger partial charge in [0.25, 0.3) is 5.91 Å². The third kappa shape index (κ3) is 2.78. The molecule has 1 fully saturated rings. The number of phenolic OH excluding ortho intramolecular Hbond substituents is 1. The van der Waals surface area contributed by atoms with E-state index in [-0.39, 0.29) is 18.0 Å². The van der Waals surface area contributed by atoms with E-state index < -0.39 is 16.1 Å². The minimum atomic E-state index is -3.98. The molecule has 23 heavy (non-hydrogen) atoms. The Balaban J connectivity index is 2.04. The zero-order chi connectivity index (χ0) is 16.6. The molecular formula is C14H13N3O5S. The van der Waals surface area contributed by atoms with E-state index in [1.54, 1.807) is 24.4 Å². The molecule has 0 radical (unpaired) electrons. The highest BCUT2D eigenvalue weighted by molar-refractivity contribution is 7.92. The van der Waals surface area contributed by atoms with Crippen molar-refractivity contribution in [3.63, 3.8) is 0 Å². The molecule has 1 aliphatic rings. The van der Waals surface area contributed by atoms with E-state index in [0.29, 0.717) is 17.0 Å². The van der Waals surface area contributed by atoms with Crippen molar-refractivity contribution in [2.24, 2.45) is 0 Å². The van der Waals surface area contributed by atoms with Crippen molar-refractivity contribution >= 4 is 21.8 Å². The number of rotatable bonds is 3. The average molecular weight is 335 g/mol. The number of aromatic hydroxyl groups is 1. The smallest absolute Gasteiger partial charge is 0.326 e. The van der Waals surface area contributed by atoms with E-state index in [0.717, 1.165) is 4.31 Å². The zero-order valence-electron chi connectivity index (χ0n) is 12.1. The van der Waals surface area contributed by atoms with Gasteiger partial charge in [0.2, 0.25) is 5.88 Å². The van der Waals surface area contributed by atoms with Gasteiger partial charge in [0.05, 0.1) is 12.8 Å². The van der Waals surface area contributed by atoms with Gasteiger partial charge in [0, 0.05) is 17.8 Å². The number of hydrogen-bond donors (Lipinski definition) is 2. The summed E-state index contributed by atoms with van der Waals surface area (Å²) >= 11 is 0. The molecule has 2 heterocycles. The number of carbonyl (C=O) groups excluding carboxylic acids is 1. The normalized spacial score (nSPS) is 16.2. The lowest BCUT2D eigenvalue weighted by Crippen LogP contribution is -2.29. The number of hydrogen-bond acceptors (Lipinski definition) is 6.